The molecule has 1 aromatic heterocycles. The number of halogens is 3. The first-order valence-corrected chi connectivity index (χ1v) is 10.6. The zero-order chi connectivity index (χ0) is 20.2. The van der Waals surface area contributed by atoms with Crippen molar-refractivity contribution in [2.45, 2.75) is 36.1 Å². The molecule has 0 aliphatic carbocycles. The van der Waals surface area contributed by atoms with Gasteiger partial charge in [-0.2, -0.15) is 17.5 Å². The minimum Gasteiger partial charge on any atom is -0.379 e. The van der Waals surface area contributed by atoms with Crippen LogP contribution < -0.4 is 0 Å². The lowest BCUT2D eigenvalue weighted by molar-refractivity contribution is -0.141. The Labute approximate surface area is 161 Å². The fourth-order valence-corrected chi connectivity index (χ4v) is 5.85. The molecule has 0 N–H and O–H groups in total. The normalized spacial score (nSPS) is 26.5. The monoisotopic (exact) mass is 421 g/mol. The van der Waals surface area contributed by atoms with E-state index in [1.165, 1.54) is 11.2 Å². The van der Waals surface area contributed by atoms with Crippen molar-refractivity contribution < 1.29 is 31.1 Å². The van der Waals surface area contributed by atoms with Crippen LogP contribution in [0.15, 0.2) is 17.0 Å². The quantitative estimate of drug-likeness (QED) is 0.732. The van der Waals surface area contributed by atoms with Crippen molar-refractivity contribution in [1.29, 1.82) is 0 Å². The highest BCUT2D eigenvalue weighted by molar-refractivity contribution is 7.89. The molecule has 1 aromatic rings. The topological polar surface area (TPSA) is 72.0 Å². The average Bonchev–Trinajstić information content (AvgIpc) is 3.06. The van der Waals surface area contributed by atoms with E-state index in [2.05, 4.69) is 9.88 Å². The molecular formula is C17H22F3N3O4S. The van der Waals surface area contributed by atoms with Crippen LogP contribution in [0.5, 0.6) is 0 Å². The Morgan fingerprint density at radius 2 is 1.89 bits per heavy atom. The molecule has 28 heavy (non-hydrogen) atoms. The molecule has 3 fully saturated rings. The Hall–Kier alpha value is -1.27. The molecule has 11 heteroatoms. The van der Waals surface area contributed by atoms with E-state index in [0.29, 0.717) is 25.9 Å². The van der Waals surface area contributed by atoms with Crippen molar-refractivity contribution in [3.63, 3.8) is 0 Å². The summed E-state index contributed by atoms with van der Waals surface area (Å²) in [5, 5.41) is 0. The molecule has 3 saturated heterocycles. The SMILES string of the molecule is Cc1nc(C(F)(F)F)ccc1S(=O)(=O)N1CC2(C[C@@H](N3CCOCC3)CO2)C1. The highest BCUT2D eigenvalue weighted by Crippen LogP contribution is 2.40. The molecule has 0 aromatic carbocycles. The van der Waals surface area contributed by atoms with Gasteiger partial charge in [0.1, 0.15) is 10.6 Å². The predicted octanol–water partition coefficient (Wildman–Crippen LogP) is 1.27. The zero-order valence-corrected chi connectivity index (χ0v) is 16.2. The number of aromatic nitrogens is 1. The number of hydrogen-bond acceptors (Lipinski definition) is 6. The van der Waals surface area contributed by atoms with Crippen molar-refractivity contribution in [2.24, 2.45) is 0 Å². The Kier molecular flexibility index (Phi) is 4.94. The van der Waals surface area contributed by atoms with E-state index >= 15 is 0 Å². The van der Waals surface area contributed by atoms with Gasteiger partial charge in [-0.1, -0.05) is 0 Å². The summed E-state index contributed by atoms with van der Waals surface area (Å²) in [6.45, 7) is 5.28. The first-order valence-electron chi connectivity index (χ1n) is 9.12. The number of nitrogens with zero attached hydrogens (tertiary/aromatic N) is 3. The first-order chi connectivity index (χ1) is 13.1. The van der Waals surface area contributed by atoms with Crippen LogP contribution in [0.4, 0.5) is 13.2 Å². The summed E-state index contributed by atoms with van der Waals surface area (Å²) >= 11 is 0. The number of ether oxygens (including phenoxy) is 2. The van der Waals surface area contributed by atoms with E-state index in [-0.39, 0.29) is 29.7 Å². The minimum atomic E-state index is -4.61. The minimum absolute atomic E-state index is 0.158. The van der Waals surface area contributed by atoms with Crippen molar-refractivity contribution in [2.75, 3.05) is 46.0 Å². The van der Waals surface area contributed by atoms with Crippen molar-refractivity contribution >= 4 is 10.0 Å². The summed E-state index contributed by atoms with van der Waals surface area (Å²) in [4.78, 5) is 5.54. The van der Waals surface area contributed by atoms with Crippen molar-refractivity contribution in [3.8, 4) is 0 Å². The van der Waals surface area contributed by atoms with Gasteiger partial charge >= 0.3 is 6.18 Å². The Morgan fingerprint density at radius 3 is 2.50 bits per heavy atom. The Balaban J connectivity index is 1.44. The molecule has 0 amide bonds. The van der Waals surface area contributed by atoms with Crippen LogP contribution in [-0.4, -0.2) is 80.2 Å². The number of hydrogen-bond donors (Lipinski definition) is 0. The molecule has 3 aliphatic heterocycles. The maximum atomic E-state index is 12.8. The van der Waals surface area contributed by atoms with E-state index in [0.717, 1.165) is 25.6 Å². The number of alkyl halides is 3. The molecule has 156 valence electrons. The van der Waals surface area contributed by atoms with Crippen molar-refractivity contribution in [3.05, 3.63) is 23.5 Å². The van der Waals surface area contributed by atoms with Gasteiger partial charge in [0.15, 0.2) is 0 Å². The highest BCUT2D eigenvalue weighted by Gasteiger charge is 2.54. The van der Waals surface area contributed by atoms with E-state index in [9.17, 15) is 21.6 Å². The summed E-state index contributed by atoms with van der Waals surface area (Å²) < 4.78 is 76.6. The van der Waals surface area contributed by atoms with Gasteiger partial charge in [-0.05, 0) is 25.5 Å². The van der Waals surface area contributed by atoms with Crippen LogP contribution in [0.3, 0.4) is 0 Å². The van der Waals surface area contributed by atoms with Crippen LogP contribution >= 0.6 is 0 Å². The molecule has 4 rings (SSSR count). The highest BCUT2D eigenvalue weighted by atomic mass is 32.2. The van der Waals surface area contributed by atoms with Gasteiger partial charge in [0.05, 0.1) is 31.1 Å². The second-order valence-electron chi connectivity index (χ2n) is 7.55. The van der Waals surface area contributed by atoms with E-state index < -0.39 is 27.5 Å². The third-order valence-electron chi connectivity index (χ3n) is 5.63. The summed E-state index contributed by atoms with van der Waals surface area (Å²) in [6.07, 6.45) is -3.87. The molecule has 3 aliphatic rings. The van der Waals surface area contributed by atoms with E-state index in [1.54, 1.807) is 0 Å². The molecule has 4 heterocycles. The molecule has 0 unspecified atom stereocenters. The van der Waals surface area contributed by atoms with Crippen LogP contribution in [0.1, 0.15) is 17.8 Å². The summed E-state index contributed by atoms with van der Waals surface area (Å²) in [6, 6.07) is 1.93. The average molecular weight is 421 g/mol. The number of rotatable bonds is 3. The van der Waals surface area contributed by atoms with E-state index in [4.69, 9.17) is 9.47 Å². The van der Waals surface area contributed by atoms with Gasteiger partial charge in [-0.25, -0.2) is 13.4 Å². The van der Waals surface area contributed by atoms with Crippen LogP contribution in [0.2, 0.25) is 0 Å². The molecule has 1 spiro atoms. The zero-order valence-electron chi connectivity index (χ0n) is 15.4. The van der Waals surface area contributed by atoms with E-state index in [1.807, 2.05) is 0 Å². The van der Waals surface area contributed by atoms with Gasteiger partial charge in [-0.15, -0.1) is 0 Å². The number of aryl methyl sites for hydroxylation is 1. The predicted molar refractivity (Wildman–Crippen MR) is 92.2 cm³/mol. The molecule has 7 nitrogen and oxygen atoms in total. The number of morpholine rings is 1. The molecule has 0 bridgehead atoms. The maximum absolute atomic E-state index is 12.8. The molecule has 0 saturated carbocycles. The second kappa shape index (κ2) is 6.91. The smallest absolute Gasteiger partial charge is 0.379 e. The molecule has 0 radical (unpaired) electrons. The first kappa shape index (κ1) is 20.0. The van der Waals surface area contributed by atoms with Crippen LogP contribution in [0, 0.1) is 6.92 Å². The van der Waals surface area contributed by atoms with Gasteiger partial charge in [0.2, 0.25) is 10.0 Å². The third-order valence-corrected chi connectivity index (χ3v) is 7.55. The molecule has 1 atom stereocenters. The van der Waals surface area contributed by atoms with Crippen LogP contribution in [-0.2, 0) is 25.7 Å². The largest absolute Gasteiger partial charge is 0.433 e. The van der Waals surface area contributed by atoms with Crippen molar-refractivity contribution in [1.82, 2.24) is 14.2 Å². The third kappa shape index (κ3) is 3.54. The lowest BCUT2D eigenvalue weighted by atomic mass is 9.91. The summed E-state index contributed by atoms with van der Waals surface area (Å²) in [5.74, 6) is 0. The van der Waals surface area contributed by atoms with Gasteiger partial charge in [0.25, 0.3) is 0 Å². The second-order valence-corrected chi connectivity index (χ2v) is 9.46. The Morgan fingerprint density at radius 1 is 1.21 bits per heavy atom. The summed E-state index contributed by atoms with van der Waals surface area (Å²) in [5.41, 5.74) is -1.77. The maximum Gasteiger partial charge on any atom is 0.433 e. The Bertz CT molecular complexity index is 850. The number of sulfonamides is 1. The standard InChI is InChI=1S/C17H22F3N3O4S/c1-12-14(2-3-15(21-12)17(18,19)20)28(24,25)23-10-16(11-23)8-13(9-27-16)22-4-6-26-7-5-22/h2-3,13H,4-11H2,1H3/t13-/m1/s1. The fourth-order valence-electron chi connectivity index (χ4n) is 4.10. The number of pyridine rings is 1. The van der Waals surface area contributed by atoms with Crippen LogP contribution in [0.25, 0.3) is 0 Å². The van der Waals surface area contributed by atoms with Gasteiger partial charge < -0.3 is 9.47 Å². The lowest BCUT2D eigenvalue weighted by Crippen LogP contribution is -2.63. The fraction of sp³-hybridized carbons (Fsp3) is 0.706. The lowest BCUT2D eigenvalue weighted by Gasteiger charge is -2.46. The van der Waals surface area contributed by atoms with Gasteiger partial charge in [-0.3, -0.25) is 4.90 Å². The summed E-state index contributed by atoms with van der Waals surface area (Å²) in [7, 11) is -3.91. The van der Waals surface area contributed by atoms with Gasteiger partial charge in [0, 0.05) is 32.2 Å². The molecular weight excluding hydrogens is 399 g/mol.